The topological polar surface area (TPSA) is 69.7 Å². The van der Waals surface area contributed by atoms with E-state index >= 15 is 0 Å². The minimum Gasteiger partial charge on any atom is -0.329 e. The molecule has 1 saturated heterocycles. The fourth-order valence-electron chi connectivity index (χ4n) is 2.13. The van der Waals surface area contributed by atoms with Gasteiger partial charge >= 0.3 is 6.03 Å². The van der Waals surface area contributed by atoms with Crippen LogP contribution in [0.4, 0.5) is 10.5 Å². The summed E-state index contributed by atoms with van der Waals surface area (Å²) in [4.78, 5) is 37.7. The quantitative estimate of drug-likeness (QED) is 0.830. The van der Waals surface area contributed by atoms with Crippen LogP contribution >= 0.6 is 0 Å². The number of imide groups is 1. The van der Waals surface area contributed by atoms with Gasteiger partial charge in [-0.1, -0.05) is 12.1 Å². The zero-order valence-electron chi connectivity index (χ0n) is 11.5. The highest BCUT2D eigenvalue weighted by Gasteiger charge is 2.31. The molecule has 1 aromatic carbocycles. The molecule has 0 aliphatic carbocycles. The Morgan fingerprint density at radius 1 is 1.40 bits per heavy atom. The number of anilines is 1. The molecule has 20 heavy (non-hydrogen) atoms. The molecule has 0 spiro atoms. The number of urea groups is 1. The van der Waals surface area contributed by atoms with E-state index in [0.29, 0.717) is 6.54 Å². The molecule has 1 aliphatic heterocycles. The zero-order chi connectivity index (χ0) is 14.7. The number of carbonyl (C=O) groups is 3. The first-order valence-corrected chi connectivity index (χ1v) is 6.48. The summed E-state index contributed by atoms with van der Waals surface area (Å²) in [5.41, 5.74) is 1.81. The maximum absolute atomic E-state index is 12.3. The van der Waals surface area contributed by atoms with Crippen LogP contribution in [-0.4, -0.2) is 42.4 Å². The Morgan fingerprint density at radius 2 is 2.15 bits per heavy atom. The van der Waals surface area contributed by atoms with Crippen molar-refractivity contribution in [1.29, 1.82) is 0 Å². The Kier molecular flexibility index (Phi) is 4.02. The lowest BCUT2D eigenvalue weighted by atomic mass is 10.2. The first kappa shape index (κ1) is 14.0. The summed E-state index contributed by atoms with van der Waals surface area (Å²) in [6, 6.07) is 7.03. The summed E-state index contributed by atoms with van der Waals surface area (Å²) in [5, 5.41) is 2.40. The van der Waals surface area contributed by atoms with Gasteiger partial charge in [-0.05, 0) is 31.5 Å². The van der Waals surface area contributed by atoms with Crippen LogP contribution in [0.1, 0.15) is 12.5 Å². The molecule has 0 atom stereocenters. The summed E-state index contributed by atoms with van der Waals surface area (Å²) < 4.78 is 0. The normalized spacial score (nSPS) is 14.4. The van der Waals surface area contributed by atoms with Crippen molar-refractivity contribution in [2.45, 2.75) is 13.8 Å². The van der Waals surface area contributed by atoms with Crippen molar-refractivity contribution in [3.05, 3.63) is 29.8 Å². The van der Waals surface area contributed by atoms with Crippen LogP contribution in [0.5, 0.6) is 0 Å². The van der Waals surface area contributed by atoms with E-state index in [-0.39, 0.29) is 24.9 Å². The maximum atomic E-state index is 12.3. The van der Waals surface area contributed by atoms with Crippen LogP contribution in [0.2, 0.25) is 0 Å². The number of nitrogens with zero attached hydrogens (tertiary/aromatic N) is 2. The van der Waals surface area contributed by atoms with E-state index in [1.54, 1.807) is 4.90 Å². The second kappa shape index (κ2) is 5.73. The summed E-state index contributed by atoms with van der Waals surface area (Å²) in [5.74, 6) is -0.646. The van der Waals surface area contributed by atoms with Gasteiger partial charge < -0.3 is 10.2 Å². The van der Waals surface area contributed by atoms with E-state index in [1.165, 1.54) is 0 Å². The van der Waals surface area contributed by atoms with Gasteiger partial charge in [0.05, 0.1) is 6.54 Å². The Hall–Kier alpha value is -2.37. The largest absolute Gasteiger partial charge is 0.329 e. The molecule has 0 bridgehead atoms. The first-order chi connectivity index (χ1) is 9.52. The molecule has 1 aliphatic rings. The fraction of sp³-hybridized carbons (Fsp3) is 0.357. The molecule has 1 N–H and O–H groups in total. The Labute approximate surface area is 117 Å². The summed E-state index contributed by atoms with van der Waals surface area (Å²) in [7, 11) is 0. The molecule has 2 rings (SSSR count). The van der Waals surface area contributed by atoms with Crippen LogP contribution in [-0.2, 0) is 9.59 Å². The molecular weight excluding hydrogens is 258 g/mol. The van der Waals surface area contributed by atoms with Gasteiger partial charge in [-0.25, -0.2) is 4.79 Å². The summed E-state index contributed by atoms with van der Waals surface area (Å²) in [6.45, 7) is 4.01. The van der Waals surface area contributed by atoms with Crippen molar-refractivity contribution < 1.29 is 14.4 Å². The lowest BCUT2D eigenvalue weighted by Gasteiger charge is -2.23. The summed E-state index contributed by atoms with van der Waals surface area (Å²) >= 11 is 0. The van der Waals surface area contributed by atoms with E-state index in [4.69, 9.17) is 0 Å². The molecule has 0 radical (unpaired) electrons. The zero-order valence-corrected chi connectivity index (χ0v) is 11.5. The van der Waals surface area contributed by atoms with Gasteiger partial charge in [0.25, 0.3) is 5.91 Å². The van der Waals surface area contributed by atoms with E-state index in [9.17, 15) is 14.4 Å². The van der Waals surface area contributed by atoms with Gasteiger partial charge in [0.2, 0.25) is 5.91 Å². The number of nitrogens with one attached hydrogen (secondary N) is 1. The molecule has 0 unspecified atom stereocenters. The molecular formula is C14H17N3O3. The first-order valence-electron chi connectivity index (χ1n) is 6.48. The van der Waals surface area contributed by atoms with Crippen LogP contribution in [0.25, 0.3) is 0 Å². The minimum absolute atomic E-state index is 0.0390. The van der Waals surface area contributed by atoms with Crippen LogP contribution in [0, 0.1) is 6.92 Å². The highest BCUT2D eigenvalue weighted by molar-refractivity contribution is 6.06. The third kappa shape index (κ3) is 2.79. The van der Waals surface area contributed by atoms with Gasteiger partial charge in [-0.15, -0.1) is 0 Å². The average molecular weight is 275 g/mol. The van der Waals surface area contributed by atoms with Crippen molar-refractivity contribution in [3.8, 4) is 0 Å². The highest BCUT2D eigenvalue weighted by atomic mass is 16.2. The predicted molar refractivity (Wildman–Crippen MR) is 74.3 cm³/mol. The standard InChI is InChI=1S/C14H17N3O3/c1-3-16(11-6-4-5-10(2)7-11)13(19)9-17-12(18)8-15-14(17)20/h4-7H,3,8-9H2,1-2H3,(H,15,20). The van der Waals surface area contributed by atoms with Crippen molar-refractivity contribution in [1.82, 2.24) is 10.2 Å². The predicted octanol–water partition coefficient (Wildman–Crippen LogP) is 0.900. The van der Waals surface area contributed by atoms with Gasteiger partial charge in [-0.2, -0.15) is 0 Å². The van der Waals surface area contributed by atoms with E-state index < -0.39 is 6.03 Å². The van der Waals surface area contributed by atoms with Crippen molar-refractivity contribution in [2.75, 3.05) is 24.5 Å². The van der Waals surface area contributed by atoms with E-state index in [0.717, 1.165) is 16.2 Å². The third-order valence-corrected chi connectivity index (χ3v) is 3.16. The monoisotopic (exact) mass is 275 g/mol. The fourth-order valence-corrected chi connectivity index (χ4v) is 2.13. The molecule has 1 heterocycles. The molecule has 6 heteroatoms. The molecule has 1 aromatic rings. The highest BCUT2D eigenvalue weighted by Crippen LogP contribution is 2.16. The second-order valence-corrected chi connectivity index (χ2v) is 4.62. The van der Waals surface area contributed by atoms with E-state index in [2.05, 4.69) is 5.32 Å². The third-order valence-electron chi connectivity index (χ3n) is 3.16. The summed E-state index contributed by atoms with van der Waals surface area (Å²) in [6.07, 6.45) is 0. The molecule has 0 aromatic heterocycles. The molecule has 6 nitrogen and oxygen atoms in total. The van der Waals surface area contributed by atoms with Crippen molar-refractivity contribution in [3.63, 3.8) is 0 Å². The van der Waals surface area contributed by atoms with Gasteiger partial charge in [0.1, 0.15) is 6.54 Å². The number of benzene rings is 1. The molecule has 1 fully saturated rings. The minimum atomic E-state index is -0.511. The number of carbonyl (C=O) groups excluding carboxylic acids is 3. The number of likely N-dealkylation sites (N-methyl/N-ethyl adjacent to an activating group) is 1. The number of hydrogen-bond acceptors (Lipinski definition) is 3. The molecule has 4 amide bonds. The van der Waals surface area contributed by atoms with Crippen LogP contribution in [0.3, 0.4) is 0 Å². The average Bonchev–Trinajstić information content (AvgIpc) is 2.71. The van der Waals surface area contributed by atoms with Gasteiger partial charge in [0.15, 0.2) is 0 Å². The number of hydrogen-bond donors (Lipinski definition) is 1. The molecule has 0 saturated carbocycles. The second-order valence-electron chi connectivity index (χ2n) is 4.62. The van der Waals surface area contributed by atoms with Crippen LogP contribution < -0.4 is 10.2 Å². The number of rotatable bonds is 4. The Bertz CT molecular complexity index is 540. The molecule has 106 valence electrons. The van der Waals surface area contributed by atoms with Crippen molar-refractivity contribution in [2.24, 2.45) is 0 Å². The maximum Gasteiger partial charge on any atom is 0.325 e. The van der Waals surface area contributed by atoms with Gasteiger partial charge in [-0.3, -0.25) is 14.5 Å². The Balaban J connectivity index is 2.13. The number of amides is 4. The number of aryl methyl sites for hydroxylation is 1. The lowest BCUT2D eigenvalue weighted by Crippen LogP contribution is -2.43. The van der Waals surface area contributed by atoms with E-state index in [1.807, 2.05) is 38.1 Å². The van der Waals surface area contributed by atoms with Crippen molar-refractivity contribution >= 4 is 23.5 Å². The smallest absolute Gasteiger partial charge is 0.325 e. The lowest BCUT2D eigenvalue weighted by molar-refractivity contribution is -0.129. The Morgan fingerprint density at radius 3 is 2.70 bits per heavy atom. The SMILES string of the molecule is CCN(C(=O)CN1C(=O)CNC1=O)c1cccc(C)c1. The van der Waals surface area contributed by atoms with Crippen LogP contribution in [0.15, 0.2) is 24.3 Å². The van der Waals surface area contributed by atoms with Gasteiger partial charge in [0, 0.05) is 12.2 Å².